The molecule has 160 valence electrons. The van der Waals surface area contributed by atoms with Gasteiger partial charge in [-0.25, -0.2) is 14.0 Å². The van der Waals surface area contributed by atoms with Gasteiger partial charge in [-0.1, -0.05) is 43.0 Å². The summed E-state index contributed by atoms with van der Waals surface area (Å²) in [6.07, 6.45) is 2.02. The van der Waals surface area contributed by atoms with Crippen LogP contribution < -0.4 is 9.57 Å². The summed E-state index contributed by atoms with van der Waals surface area (Å²) >= 11 is 0. The van der Waals surface area contributed by atoms with E-state index in [1.807, 2.05) is 59.5 Å². The van der Waals surface area contributed by atoms with Crippen LogP contribution in [0.3, 0.4) is 0 Å². The fraction of sp³-hybridized carbons (Fsp3) is 0.455. The van der Waals surface area contributed by atoms with Gasteiger partial charge in [0.15, 0.2) is 5.75 Å². The van der Waals surface area contributed by atoms with E-state index in [4.69, 9.17) is 14.5 Å². The maximum absolute atomic E-state index is 6.04. The van der Waals surface area contributed by atoms with Crippen molar-refractivity contribution in [1.82, 2.24) is 14.0 Å². The molecule has 0 atom stereocenters. The first-order valence-corrected chi connectivity index (χ1v) is 11.6. The molecule has 0 N–H and O–H groups in total. The van der Waals surface area contributed by atoms with Gasteiger partial charge in [-0.3, -0.25) is 0 Å². The molecule has 2 aromatic rings. The first kappa shape index (κ1) is 23.4. The molecule has 0 amide bonds. The van der Waals surface area contributed by atoms with E-state index in [0.29, 0.717) is 6.73 Å². The van der Waals surface area contributed by atoms with Crippen molar-refractivity contribution >= 4 is 7.51 Å². The van der Waals surface area contributed by atoms with Crippen molar-refractivity contribution in [3.63, 3.8) is 0 Å². The summed E-state index contributed by atoms with van der Waals surface area (Å²) in [6.45, 7) is 4.69. The number of rotatable bonds is 10. The van der Waals surface area contributed by atoms with Crippen LogP contribution in [0.5, 0.6) is 11.5 Å². The minimum atomic E-state index is -2.29. The normalized spacial score (nSPS) is 11.9. The first-order valence-electron chi connectivity index (χ1n) is 10.00. The fourth-order valence-electron chi connectivity index (χ4n) is 3.13. The molecule has 0 radical (unpaired) electrons. The summed E-state index contributed by atoms with van der Waals surface area (Å²) in [4.78, 5) is 10.6. The Hall–Kier alpha value is -1.85. The molecule has 0 saturated carbocycles. The average molecular weight is 419 g/mol. The van der Waals surface area contributed by atoms with Crippen molar-refractivity contribution in [3.8, 4) is 11.5 Å². The minimum Gasteiger partial charge on any atom is -0.478 e. The highest BCUT2D eigenvalue weighted by atomic mass is 31.2. The molecule has 7 heteroatoms. The molecule has 0 aliphatic rings. The van der Waals surface area contributed by atoms with Crippen LogP contribution in [0, 0.1) is 0 Å². The van der Waals surface area contributed by atoms with E-state index in [2.05, 4.69) is 52.1 Å². The van der Waals surface area contributed by atoms with Gasteiger partial charge in [-0.15, -0.1) is 0 Å². The number of hydrogen-bond donors (Lipinski definition) is 0. The van der Waals surface area contributed by atoms with E-state index in [9.17, 15) is 0 Å². The predicted molar refractivity (Wildman–Crippen MR) is 122 cm³/mol. The average Bonchev–Trinajstić information content (AvgIpc) is 2.73. The SMILES string of the molecule is CCc1ccc(OCN(C)P(=NOc2ccc(CC)cc2)(N(C)C)N(C)C)cc1. The van der Waals surface area contributed by atoms with Crippen molar-refractivity contribution in [2.24, 2.45) is 4.91 Å². The van der Waals surface area contributed by atoms with Crippen LogP contribution in [0.25, 0.3) is 0 Å². The highest BCUT2D eigenvalue weighted by Gasteiger charge is 2.33. The number of benzene rings is 2. The molecule has 0 aromatic heterocycles. The van der Waals surface area contributed by atoms with Gasteiger partial charge in [0, 0.05) is 0 Å². The highest BCUT2D eigenvalue weighted by molar-refractivity contribution is 7.58. The smallest absolute Gasteiger partial charge is 0.213 e. The van der Waals surface area contributed by atoms with Gasteiger partial charge in [0.2, 0.25) is 7.51 Å². The first-order chi connectivity index (χ1) is 13.8. The third-order valence-corrected chi connectivity index (χ3v) is 8.35. The van der Waals surface area contributed by atoms with Gasteiger partial charge in [-0.2, -0.15) is 0 Å². The molecule has 0 aliphatic heterocycles. The lowest BCUT2D eigenvalue weighted by molar-refractivity contribution is 0.207. The number of aryl methyl sites for hydroxylation is 2. The van der Waals surface area contributed by atoms with E-state index in [1.165, 1.54) is 11.1 Å². The minimum absolute atomic E-state index is 0.400. The molecule has 0 bridgehead atoms. The van der Waals surface area contributed by atoms with Gasteiger partial charge in [0.25, 0.3) is 0 Å². The molecular weight excluding hydrogens is 383 g/mol. The van der Waals surface area contributed by atoms with Gasteiger partial charge in [0.05, 0.1) is 0 Å². The molecule has 2 rings (SSSR count). The maximum atomic E-state index is 6.04. The third-order valence-electron chi connectivity index (χ3n) is 4.87. The molecule has 2 aromatic carbocycles. The Morgan fingerprint density at radius 2 is 1.17 bits per heavy atom. The Kier molecular flexibility index (Phi) is 8.72. The molecule has 0 aliphatic carbocycles. The van der Waals surface area contributed by atoms with Gasteiger partial charge < -0.3 is 9.57 Å². The Bertz CT molecular complexity index is 793. The van der Waals surface area contributed by atoms with E-state index in [0.717, 1.165) is 24.3 Å². The monoisotopic (exact) mass is 418 g/mol. The van der Waals surface area contributed by atoms with Crippen LogP contribution in [-0.4, -0.2) is 56.0 Å². The van der Waals surface area contributed by atoms with E-state index in [-0.39, 0.29) is 0 Å². The number of nitrogens with zero attached hydrogens (tertiary/aromatic N) is 4. The maximum Gasteiger partial charge on any atom is 0.213 e. The summed E-state index contributed by atoms with van der Waals surface area (Å²) < 4.78 is 12.4. The van der Waals surface area contributed by atoms with Gasteiger partial charge in [-0.05, 0) is 83.5 Å². The third kappa shape index (κ3) is 5.83. The van der Waals surface area contributed by atoms with E-state index < -0.39 is 7.51 Å². The largest absolute Gasteiger partial charge is 0.478 e. The molecule has 0 saturated heterocycles. The van der Waals surface area contributed by atoms with Crippen molar-refractivity contribution in [3.05, 3.63) is 59.7 Å². The van der Waals surface area contributed by atoms with Crippen LogP contribution in [0.15, 0.2) is 53.4 Å². The zero-order valence-corrected chi connectivity index (χ0v) is 19.7. The lowest BCUT2D eigenvalue weighted by Gasteiger charge is -2.40. The molecule has 6 nitrogen and oxygen atoms in total. The molecule has 0 unspecified atom stereocenters. The molecule has 0 spiro atoms. The number of ether oxygens (including phenoxy) is 1. The second kappa shape index (κ2) is 10.8. The Morgan fingerprint density at radius 3 is 1.59 bits per heavy atom. The molecule has 0 fully saturated rings. The molecular formula is C22H35N4O2P. The van der Waals surface area contributed by atoms with Crippen molar-refractivity contribution < 1.29 is 9.57 Å². The molecule has 29 heavy (non-hydrogen) atoms. The van der Waals surface area contributed by atoms with Crippen molar-refractivity contribution in [2.75, 3.05) is 42.0 Å². The Labute approximate surface area is 176 Å². The number of hydrogen-bond acceptors (Lipinski definition) is 3. The van der Waals surface area contributed by atoms with Crippen molar-refractivity contribution in [1.29, 1.82) is 0 Å². The molecule has 0 heterocycles. The standard InChI is InChI=1S/C22H35N4O2P/c1-8-19-10-14-21(15-11-19)27-18-26(7)29(24(3)4,25(5)6)23-28-22-16-12-20(9-2)13-17-22/h10-17H,8-9,18H2,1-7H3. The van der Waals surface area contributed by atoms with Crippen LogP contribution in [-0.2, 0) is 12.8 Å². The van der Waals surface area contributed by atoms with Crippen LogP contribution >= 0.6 is 7.51 Å². The van der Waals surface area contributed by atoms with Gasteiger partial charge >= 0.3 is 0 Å². The Morgan fingerprint density at radius 1 is 0.724 bits per heavy atom. The summed E-state index contributed by atoms with van der Waals surface area (Å²) in [6, 6.07) is 16.3. The van der Waals surface area contributed by atoms with E-state index >= 15 is 0 Å². The summed E-state index contributed by atoms with van der Waals surface area (Å²) in [7, 11) is 7.81. The Balaban J connectivity index is 2.21. The van der Waals surface area contributed by atoms with Crippen LogP contribution in [0.2, 0.25) is 0 Å². The fourth-order valence-corrected chi connectivity index (χ4v) is 5.90. The topological polar surface area (TPSA) is 40.5 Å². The quantitative estimate of drug-likeness (QED) is 0.303. The summed E-state index contributed by atoms with van der Waals surface area (Å²) in [5, 5.41) is 0. The van der Waals surface area contributed by atoms with Crippen LogP contribution in [0.4, 0.5) is 0 Å². The van der Waals surface area contributed by atoms with Crippen LogP contribution in [0.1, 0.15) is 25.0 Å². The predicted octanol–water partition coefficient (Wildman–Crippen LogP) is 5.14. The lowest BCUT2D eigenvalue weighted by atomic mass is 10.2. The van der Waals surface area contributed by atoms with Crippen molar-refractivity contribution in [2.45, 2.75) is 26.7 Å². The van der Waals surface area contributed by atoms with E-state index in [1.54, 1.807) is 0 Å². The summed E-state index contributed by atoms with van der Waals surface area (Å²) in [5.74, 6) is 1.58. The second-order valence-electron chi connectivity index (χ2n) is 7.33. The lowest BCUT2D eigenvalue weighted by Crippen LogP contribution is -2.35. The highest BCUT2D eigenvalue weighted by Crippen LogP contribution is 2.55. The zero-order valence-electron chi connectivity index (χ0n) is 18.8. The summed E-state index contributed by atoms with van der Waals surface area (Å²) in [5.41, 5.74) is 2.57. The second-order valence-corrected chi connectivity index (χ2v) is 10.8. The zero-order chi connectivity index (χ0) is 21.4. The van der Waals surface area contributed by atoms with Gasteiger partial charge in [0.1, 0.15) is 12.5 Å².